The molecule has 0 saturated carbocycles. The summed E-state index contributed by atoms with van der Waals surface area (Å²) in [5, 5.41) is 10.7. The van der Waals surface area contributed by atoms with Crippen molar-refractivity contribution in [2.24, 2.45) is 7.05 Å². The van der Waals surface area contributed by atoms with E-state index in [-0.39, 0.29) is 12.5 Å². The summed E-state index contributed by atoms with van der Waals surface area (Å²) in [6, 6.07) is 7.32. The van der Waals surface area contributed by atoms with Crippen LogP contribution in [0.25, 0.3) is 0 Å². The third-order valence-corrected chi connectivity index (χ3v) is 3.07. The maximum absolute atomic E-state index is 11.8. The fourth-order valence-corrected chi connectivity index (χ4v) is 1.96. The molecule has 1 aromatic carbocycles. The van der Waals surface area contributed by atoms with Crippen LogP contribution < -0.4 is 10.6 Å². The Kier molecular flexibility index (Phi) is 4.76. The van der Waals surface area contributed by atoms with Gasteiger partial charge in [0, 0.05) is 30.5 Å². The molecule has 2 aromatic rings. The highest BCUT2D eigenvalue weighted by Gasteiger charge is 2.05. The Bertz CT molecular complexity index is 609. The first-order valence-electron chi connectivity index (χ1n) is 6.30. The van der Waals surface area contributed by atoms with Gasteiger partial charge in [-0.2, -0.15) is 5.10 Å². The molecule has 0 unspecified atom stereocenters. The average molecular weight is 293 g/mol. The van der Waals surface area contributed by atoms with E-state index >= 15 is 0 Å². The second kappa shape index (κ2) is 6.54. The van der Waals surface area contributed by atoms with Gasteiger partial charge in [-0.1, -0.05) is 17.7 Å². The molecule has 0 aliphatic heterocycles. The van der Waals surface area contributed by atoms with Crippen molar-refractivity contribution in [2.45, 2.75) is 13.5 Å². The fraction of sp³-hybridized carbons (Fsp3) is 0.286. The standard InChI is InChI=1S/C14H17ClN4O/c1-10-3-4-11(15)7-13(10)17-14(20)9-16-8-12-5-6-19(2)18-12/h3-7,16H,8-9H2,1-2H3,(H,17,20). The van der Waals surface area contributed by atoms with Crippen molar-refractivity contribution < 1.29 is 4.79 Å². The van der Waals surface area contributed by atoms with E-state index in [1.165, 1.54) is 0 Å². The maximum atomic E-state index is 11.8. The van der Waals surface area contributed by atoms with Crippen LogP contribution in [0.5, 0.6) is 0 Å². The molecule has 0 radical (unpaired) electrons. The van der Waals surface area contributed by atoms with E-state index in [0.29, 0.717) is 11.6 Å². The number of rotatable bonds is 5. The summed E-state index contributed by atoms with van der Waals surface area (Å²) in [7, 11) is 1.86. The number of halogens is 1. The number of nitrogens with zero attached hydrogens (tertiary/aromatic N) is 2. The molecule has 6 heteroatoms. The zero-order valence-electron chi connectivity index (χ0n) is 11.5. The molecule has 20 heavy (non-hydrogen) atoms. The Morgan fingerprint density at radius 2 is 2.20 bits per heavy atom. The zero-order valence-corrected chi connectivity index (χ0v) is 12.2. The molecular formula is C14H17ClN4O. The first kappa shape index (κ1) is 14.6. The lowest BCUT2D eigenvalue weighted by molar-refractivity contribution is -0.115. The molecule has 0 saturated heterocycles. The van der Waals surface area contributed by atoms with E-state index < -0.39 is 0 Å². The number of nitrogens with one attached hydrogen (secondary N) is 2. The molecule has 5 nitrogen and oxygen atoms in total. The van der Waals surface area contributed by atoms with E-state index in [1.807, 2.05) is 32.3 Å². The highest BCUT2D eigenvalue weighted by molar-refractivity contribution is 6.31. The van der Waals surface area contributed by atoms with Gasteiger partial charge < -0.3 is 10.6 Å². The Balaban J connectivity index is 1.82. The number of aryl methyl sites for hydroxylation is 2. The molecule has 0 spiro atoms. The minimum Gasteiger partial charge on any atom is -0.325 e. The molecule has 106 valence electrons. The van der Waals surface area contributed by atoms with Crippen molar-refractivity contribution >= 4 is 23.2 Å². The van der Waals surface area contributed by atoms with Gasteiger partial charge in [0.25, 0.3) is 0 Å². The number of anilines is 1. The quantitative estimate of drug-likeness (QED) is 0.887. The van der Waals surface area contributed by atoms with Crippen LogP contribution in [0.3, 0.4) is 0 Å². The first-order valence-corrected chi connectivity index (χ1v) is 6.67. The van der Waals surface area contributed by atoms with Crippen LogP contribution >= 0.6 is 11.6 Å². The number of carbonyl (C=O) groups excluding carboxylic acids is 1. The van der Waals surface area contributed by atoms with Crippen molar-refractivity contribution in [1.29, 1.82) is 0 Å². The van der Waals surface area contributed by atoms with Gasteiger partial charge in [-0.15, -0.1) is 0 Å². The summed E-state index contributed by atoms with van der Waals surface area (Å²) < 4.78 is 1.73. The van der Waals surface area contributed by atoms with E-state index in [2.05, 4.69) is 15.7 Å². The van der Waals surface area contributed by atoms with Gasteiger partial charge in [0.1, 0.15) is 0 Å². The van der Waals surface area contributed by atoms with Gasteiger partial charge in [-0.3, -0.25) is 9.48 Å². The van der Waals surface area contributed by atoms with E-state index in [4.69, 9.17) is 11.6 Å². The van der Waals surface area contributed by atoms with Crippen molar-refractivity contribution in [1.82, 2.24) is 15.1 Å². The normalized spacial score (nSPS) is 10.6. The minimum absolute atomic E-state index is 0.105. The van der Waals surface area contributed by atoms with Crippen LogP contribution in [0.4, 0.5) is 5.69 Å². The Morgan fingerprint density at radius 3 is 2.90 bits per heavy atom. The molecule has 0 aliphatic carbocycles. The van der Waals surface area contributed by atoms with E-state index in [9.17, 15) is 4.79 Å². The molecule has 0 atom stereocenters. The third kappa shape index (κ3) is 4.08. The first-order chi connectivity index (χ1) is 9.54. The zero-order chi connectivity index (χ0) is 14.5. The number of aromatic nitrogens is 2. The predicted molar refractivity (Wildman–Crippen MR) is 79.7 cm³/mol. The van der Waals surface area contributed by atoms with Gasteiger partial charge in [-0.05, 0) is 30.7 Å². The van der Waals surface area contributed by atoms with E-state index in [0.717, 1.165) is 16.9 Å². The number of hydrogen-bond acceptors (Lipinski definition) is 3. The molecule has 1 amide bonds. The summed E-state index contributed by atoms with van der Waals surface area (Å²) in [6.07, 6.45) is 1.87. The fourth-order valence-electron chi connectivity index (χ4n) is 1.78. The Hall–Kier alpha value is -1.85. The summed E-state index contributed by atoms with van der Waals surface area (Å²) >= 11 is 5.91. The summed E-state index contributed by atoms with van der Waals surface area (Å²) in [5.74, 6) is -0.105. The second-order valence-corrected chi connectivity index (χ2v) is 5.03. The molecular weight excluding hydrogens is 276 g/mol. The number of benzene rings is 1. The van der Waals surface area contributed by atoms with Crippen LogP contribution in [0.2, 0.25) is 5.02 Å². The Morgan fingerprint density at radius 1 is 1.40 bits per heavy atom. The molecule has 0 fully saturated rings. The monoisotopic (exact) mass is 292 g/mol. The van der Waals surface area contributed by atoms with Crippen molar-refractivity contribution in [2.75, 3.05) is 11.9 Å². The van der Waals surface area contributed by atoms with Crippen LogP contribution in [0, 0.1) is 6.92 Å². The molecule has 0 aliphatic rings. The topological polar surface area (TPSA) is 59.0 Å². The van der Waals surface area contributed by atoms with Gasteiger partial charge in [0.05, 0.1) is 12.2 Å². The van der Waals surface area contributed by atoms with Gasteiger partial charge in [0.2, 0.25) is 5.91 Å². The largest absolute Gasteiger partial charge is 0.325 e. The minimum atomic E-state index is -0.105. The summed E-state index contributed by atoms with van der Waals surface area (Å²) in [4.78, 5) is 11.8. The SMILES string of the molecule is Cc1ccc(Cl)cc1NC(=O)CNCc1ccn(C)n1. The van der Waals surface area contributed by atoms with Crippen molar-refractivity contribution in [3.63, 3.8) is 0 Å². The smallest absolute Gasteiger partial charge is 0.238 e. The number of amides is 1. The molecule has 2 N–H and O–H groups in total. The molecule has 1 heterocycles. The number of carbonyl (C=O) groups is 1. The maximum Gasteiger partial charge on any atom is 0.238 e. The van der Waals surface area contributed by atoms with Gasteiger partial charge in [-0.25, -0.2) is 0 Å². The number of hydrogen-bond donors (Lipinski definition) is 2. The highest BCUT2D eigenvalue weighted by atomic mass is 35.5. The van der Waals surface area contributed by atoms with Crippen LogP contribution in [0.1, 0.15) is 11.3 Å². The van der Waals surface area contributed by atoms with Crippen LogP contribution in [-0.4, -0.2) is 22.2 Å². The van der Waals surface area contributed by atoms with Crippen molar-refractivity contribution in [3.05, 3.63) is 46.7 Å². The summed E-state index contributed by atoms with van der Waals surface area (Å²) in [6.45, 7) is 2.71. The van der Waals surface area contributed by atoms with E-state index in [1.54, 1.807) is 16.8 Å². The van der Waals surface area contributed by atoms with Gasteiger partial charge in [0.15, 0.2) is 0 Å². The molecule has 1 aromatic heterocycles. The summed E-state index contributed by atoms with van der Waals surface area (Å²) in [5.41, 5.74) is 2.62. The lowest BCUT2D eigenvalue weighted by Gasteiger charge is -2.09. The predicted octanol–water partition coefficient (Wildman–Crippen LogP) is 2.11. The lowest BCUT2D eigenvalue weighted by atomic mass is 10.2. The van der Waals surface area contributed by atoms with Crippen LogP contribution in [-0.2, 0) is 18.4 Å². The van der Waals surface area contributed by atoms with Gasteiger partial charge >= 0.3 is 0 Å². The van der Waals surface area contributed by atoms with Crippen LogP contribution in [0.15, 0.2) is 30.5 Å². The second-order valence-electron chi connectivity index (χ2n) is 4.59. The van der Waals surface area contributed by atoms with Crippen molar-refractivity contribution in [3.8, 4) is 0 Å². The molecule has 0 bridgehead atoms. The third-order valence-electron chi connectivity index (χ3n) is 2.83. The Labute approximate surface area is 122 Å². The average Bonchev–Trinajstić information content (AvgIpc) is 2.80. The molecule has 2 rings (SSSR count). The highest BCUT2D eigenvalue weighted by Crippen LogP contribution is 2.19. The lowest BCUT2D eigenvalue weighted by Crippen LogP contribution is -2.28.